The van der Waals surface area contributed by atoms with E-state index in [-0.39, 0.29) is 10.7 Å². The first-order chi connectivity index (χ1) is 9.03. The van der Waals surface area contributed by atoms with Gasteiger partial charge in [0.2, 0.25) is 10.0 Å². The van der Waals surface area contributed by atoms with Crippen molar-refractivity contribution in [2.24, 2.45) is 0 Å². The lowest BCUT2D eigenvalue weighted by Crippen LogP contribution is -2.26. The lowest BCUT2D eigenvalue weighted by atomic mass is 10.3. The Balaban J connectivity index is 2.03. The molecule has 0 aromatic carbocycles. The van der Waals surface area contributed by atoms with E-state index in [4.69, 9.17) is 5.73 Å². The molecule has 0 saturated carbocycles. The Hall–Kier alpha value is -1.38. The van der Waals surface area contributed by atoms with Gasteiger partial charge in [-0.2, -0.15) is 5.10 Å². The molecule has 2 aromatic heterocycles. The molecule has 3 N–H and O–H groups in total. The van der Waals surface area contributed by atoms with Gasteiger partial charge in [-0.15, -0.1) is 11.3 Å². The van der Waals surface area contributed by atoms with Crippen molar-refractivity contribution in [2.45, 2.75) is 24.8 Å². The first-order valence-electron chi connectivity index (χ1n) is 5.88. The van der Waals surface area contributed by atoms with Gasteiger partial charge in [0.25, 0.3) is 0 Å². The Morgan fingerprint density at radius 1 is 1.53 bits per heavy atom. The summed E-state index contributed by atoms with van der Waals surface area (Å²) in [6, 6.07) is 3.92. The van der Waals surface area contributed by atoms with E-state index in [1.807, 2.05) is 24.4 Å². The second-order valence-electron chi connectivity index (χ2n) is 3.96. The topological polar surface area (TPSA) is 90.0 Å². The fourth-order valence-electron chi connectivity index (χ4n) is 1.63. The highest BCUT2D eigenvalue weighted by Gasteiger charge is 2.20. The first-order valence-corrected chi connectivity index (χ1v) is 8.24. The number of hydrogen-bond donors (Lipinski definition) is 2. The van der Waals surface area contributed by atoms with Crippen molar-refractivity contribution in [1.82, 2.24) is 14.5 Å². The smallest absolute Gasteiger partial charge is 0.245 e. The molecule has 0 saturated heterocycles. The van der Waals surface area contributed by atoms with Gasteiger partial charge in [-0.25, -0.2) is 13.1 Å². The van der Waals surface area contributed by atoms with Crippen LogP contribution in [0.25, 0.3) is 0 Å². The summed E-state index contributed by atoms with van der Waals surface area (Å²) in [7, 11) is -3.59. The standard InChI is InChI=1S/C11H16N4O2S2/c1-2-15-8-10(11(12)14-15)19(16,17)13-6-5-9-4-3-7-18-9/h3-4,7-8,13H,2,5-6H2,1H3,(H2,12,14). The monoisotopic (exact) mass is 300 g/mol. The van der Waals surface area contributed by atoms with Gasteiger partial charge in [0.05, 0.1) is 0 Å². The van der Waals surface area contributed by atoms with Crippen molar-refractivity contribution in [3.05, 3.63) is 28.6 Å². The van der Waals surface area contributed by atoms with Crippen LogP contribution in [0.2, 0.25) is 0 Å². The maximum absolute atomic E-state index is 12.1. The molecule has 2 aromatic rings. The van der Waals surface area contributed by atoms with Crippen LogP contribution in [0.1, 0.15) is 11.8 Å². The second kappa shape index (κ2) is 5.72. The maximum atomic E-state index is 12.1. The van der Waals surface area contributed by atoms with Gasteiger partial charge in [0.1, 0.15) is 4.90 Å². The molecule has 0 aliphatic heterocycles. The summed E-state index contributed by atoms with van der Waals surface area (Å²) in [6.07, 6.45) is 2.11. The molecule has 0 radical (unpaired) electrons. The van der Waals surface area contributed by atoms with Crippen molar-refractivity contribution in [2.75, 3.05) is 12.3 Å². The third kappa shape index (κ3) is 3.34. The van der Waals surface area contributed by atoms with E-state index >= 15 is 0 Å². The largest absolute Gasteiger partial charge is 0.381 e. The van der Waals surface area contributed by atoms with Gasteiger partial charge in [0, 0.05) is 24.2 Å². The molecule has 0 unspecified atom stereocenters. The number of rotatable bonds is 6. The number of nitrogens with zero attached hydrogens (tertiary/aromatic N) is 2. The fraction of sp³-hybridized carbons (Fsp3) is 0.364. The average Bonchev–Trinajstić information content (AvgIpc) is 2.98. The number of anilines is 1. The third-order valence-corrected chi connectivity index (χ3v) is 5.03. The molecule has 0 amide bonds. The van der Waals surface area contributed by atoms with Gasteiger partial charge in [-0.3, -0.25) is 4.68 Å². The molecule has 0 fully saturated rings. The van der Waals surface area contributed by atoms with Crippen LogP contribution < -0.4 is 10.5 Å². The van der Waals surface area contributed by atoms with Crippen molar-refractivity contribution in [3.63, 3.8) is 0 Å². The van der Waals surface area contributed by atoms with Crippen molar-refractivity contribution in [3.8, 4) is 0 Å². The zero-order valence-corrected chi connectivity index (χ0v) is 12.2. The second-order valence-corrected chi connectivity index (χ2v) is 6.73. The van der Waals surface area contributed by atoms with Gasteiger partial charge >= 0.3 is 0 Å². The molecule has 0 aliphatic rings. The minimum absolute atomic E-state index is 0.0328. The number of thiophene rings is 1. The van der Waals surface area contributed by atoms with Crippen molar-refractivity contribution in [1.29, 1.82) is 0 Å². The summed E-state index contributed by atoms with van der Waals surface area (Å²) < 4.78 is 28.2. The molecule has 2 heterocycles. The van der Waals surface area contributed by atoms with Crippen LogP contribution in [-0.4, -0.2) is 24.7 Å². The molecule has 104 valence electrons. The molecule has 0 spiro atoms. The SMILES string of the molecule is CCn1cc(S(=O)(=O)NCCc2cccs2)c(N)n1. The highest BCUT2D eigenvalue weighted by atomic mass is 32.2. The maximum Gasteiger partial charge on any atom is 0.245 e. The van der Waals surface area contributed by atoms with E-state index in [9.17, 15) is 8.42 Å². The highest BCUT2D eigenvalue weighted by molar-refractivity contribution is 7.89. The summed E-state index contributed by atoms with van der Waals surface area (Å²) in [5.41, 5.74) is 5.62. The zero-order chi connectivity index (χ0) is 13.9. The number of nitrogens with two attached hydrogens (primary N) is 1. The van der Waals surface area contributed by atoms with E-state index < -0.39 is 10.0 Å². The Bertz CT molecular complexity index is 632. The molecular formula is C11H16N4O2S2. The first kappa shape index (κ1) is 14.0. The van der Waals surface area contributed by atoms with Gasteiger partial charge in [-0.05, 0) is 24.8 Å². The number of hydrogen-bond acceptors (Lipinski definition) is 5. The van der Waals surface area contributed by atoms with E-state index in [1.165, 1.54) is 10.9 Å². The van der Waals surface area contributed by atoms with Crippen molar-refractivity contribution < 1.29 is 8.42 Å². The van der Waals surface area contributed by atoms with Crippen LogP contribution in [-0.2, 0) is 23.0 Å². The van der Waals surface area contributed by atoms with E-state index in [0.717, 1.165) is 4.88 Å². The Kier molecular flexibility index (Phi) is 4.23. The van der Waals surface area contributed by atoms with Gasteiger partial charge < -0.3 is 5.73 Å². The minimum atomic E-state index is -3.59. The third-order valence-electron chi connectivity index (χ3n) is 2.61. The highest BCUT2D eigenvalue weighted by Crippen LogP contribution is 2.16. The number of nitrogen functional groups attached to an aromatic ring is 1. The Morgan fingerprint density at radius 2 is 2.32 bits per heavy atom. The zero-order valence-electron chi connectivity index (χ0n) is 10.5. The van der Waals surface area contributed by atoms with Gasteiger partial charge in [-0.1, -0.05) is 6.07 Å². The summed E-state index contributed by atoms with van der Waals surface area (Å²) in [4.78, 5) is 1.18. The number of aromatic nitrogens is 2. The lowest BCUT2D eigenvalue weighted by molar-refractivity contribution is 0.581. The average molecular weight is 300 g/mol. The Labute approximate surface area is 116 Å². The predicted octanol–water partition coefficient (Wildman–Crippen LogP) is 1.07. The summed E-state index contributed by atoms with van der Waals surface area (Å²) >= 11 is 1.60. The van der Waals surface area contributed by atoms with Crippen LogP contribution >= 0.6 is 11.3 Å². The Morgan fingerprint density at radius 3 is 2.89 bits per heavy atom. The van der Waals surface area contributed by atoms with Crippen LogP contribution in [0.15, 0.2) is 28.6 Å². The van der Waals surface area contributed by atoms with Crippen molar-refractivity contribution >= 4 is 27.2 Å². The minimum Gasteiger partial charge on any atom is -0.381 e. The quantitative estimate of drug-likeness (QED) is 0.835. The molecule has 19 heavy (non-hydrogen) atoms. The van der Waals surface area contributed by atoms with Crippen LogP contribution in [0, 0.1) is 0 Å². The molecule has 0 bridgehead atoms. The van der Waals surface area contributed by atoms with E-state index in [2.05, 4.69) is 9.82 Å². The van der Waals surface area contributed by atoms with E-state index in [1.54, 1.807) is 11.3 Å². The molecule has 2 rings (SSSR count). The van der Waals surface area contributed by atoms with Crippen LogP contribution in [0.4, 0.5) is 5.82 Å². The van der Waals surface area contributed by atoms with Gasteiger partial charge in [0.15, 0.2) is 5.82 Å². The summed E-state index contributed by atoms with van der Waals surface area (Å²) in [6.45, 7) is 2.79. The number of sulfonamides is 1. The van der Waals surface area contributed by atoms with Crippen LogP contribution in [0.3, 0.4) is 0 Å². The normalized spacial score (nSPS) is 11.8. The molecule has 0 atom stereocenters. The fourth-order valence-corrected chi connectivity index (χ4v) is 3.44. The van der Waals surface area contributed by atoms with Crippen LogP contribution in [0.5, 0.6) is 0 Å². The summed E-state index contributed by atoms with van der Waals surface area (Å²) in [5, 5.41) is 5.90. The lowest BCUT2D eigenvalue weighted by Gasteiger charge is -2.04. The predicted molar refractivity (Wildman–Crippen MR) is 75.5 cm³/mol. The molecule has 8 heteroatoms. The number of aryl methyl sites for hydroxylation is 1. The molecule has 0 aliphatic carbocycles. The summed E-state index contributed by atoms with van der Waals surface area (Å²) in [5.74, 6) is 0.0328. The molecule has 6 nitrogen and oxygen atoms in total. The van der Waals surface area contributed by atoms with E-state index in [0.29, 0.717) is 19.5 Å². The number of nitrogens with one attached hydrogen (secondary N) is 1. The molecular weight excluding hydrogens is 284 g/mol.